The van der Waals surface area contributed by atoms with E-state index in [1.165, 1.54) is 18.1 Å². The number of aromatic nitrogens is 4. The summed E-state index contributed by atoms with van der Waals surface area (Å²) in [5.41, 5.74) is 14.4. The smallest absolute Gasteiger partial charge is 0.248 e. The Morgan fingerprint density at radius 1 is 1.29 bits per heavy atom. The topological polar surface area (TPSA) is 124 Å². The molecule has 3 rings (SSSR count). The molecule has 0 radical (unpaired) electrons. The van der Waals surface area contributed by atoms with E-state index in [-0.39, 0.29) is 0 Å². The third kappa shape index (κ3) is 2.65. The fourth-order valence-electron chi connectivity index (χ4n) is 1.88. The highest BCUT2D eigenvalue weighted by Gasteiger charge is 2.09. The van der Waals surface area contributed by atoms with Crippen molar-refractivity contribution < 1.29 is 4.79 Å². The Hall–Kier alpha value is -2.61. The van der Waals surface area contributed by atoms with Gasteiger partial charge in [0.2, 0.25) is 5.91 Å². The second-order valence-corrected chi connectivity index (χ2v) is 5.31. The number of hydrogen-bond acceptors (Lipinski definition) is 6. The molecule has 1 amide bonds. The molecule has 0 aliphatic carbocycles. The second kappa shape index (κ2) is 5.41. The van der Waals surface area contributed by atoms with Crippen molar-refractivity contribution >= 4 is 34.5 Å². The first-order valence-corrected chi connectivity index (χ1v) is 7.09. The van der Waals surface area contributed by atoms with E-state index in [1.807, 2.05) is 0 Å². The van der Waals surface area contributed by atoms with Gasteiger partial charge >= 0.3 is 0 Å². The Balaban J connectivity index is 1.82. The van der Waals surface area contributed by atoms with Crippen LogP contribution in [0.5, 0.6) is 0 Å². The maximum absolute atomic E-state index is 11.1. The lowest BCUT2D eigenvalue weighted by atomic mass is 10.1. The van der Waals surface area contributed by atoms with Crippen LogP contribution in [0.4, 0.5) is 5.69 Å². The molecule has 106 valence electrons. The highest BCUT2D eigenvalue weighted by molar-refractivity contribution is 7.98. The number of thioether (sulfide) groups is 1. The number of hydrogen-bond donors (Lipinski definition) is 3. The van der Waals surface area contributed by atoms with E-state index < -0.39 is 5.91 Å². The Bertz CT molecular complexity index is 815. The number of imidazole rings is 1. The fraction of sp³-hybridized carbons (Fsp3) is 0.0769. The number of amides is 1. The average molecular weight is 300 g/mol. The number of anilines is 1. The van der Waals surface area contributed by atoms with E-state index in [0.717, 1.165) is 16.1 Å². The number of carbonyl (C=O) groups excluding carboxylic acids is 1. The summed E-state index contributed by atoms with van der Waals surface area (Å²) in [5.74, 6) is 0.131. The number of nitrogen functional groups attached to an aromatic ring is 1. The molecule has 1 aromatic carbocycles. The van der Waals surface area contributed by atoms with Crippen LogP contribution in [0.15, 0.2) is 35.9 Å². The molecule has 0 aliphatic rings. The van der Waals surface area contributed by atoms with E-state index in [0.29, 0.717) is 22.7 Å². The van der Waals surface area contributed by atoms with Gasteiger partial charge in [0.05, 0.1) is 6.33 Å². The first-order chi connectivity index (χ1) is 10.1. The van der Waals surface area contributed by atoms with Gasteiger partial charge in [0.25, 0.3) is 0 Å². The van der Waals surface area contributed by atoms with E-state index in [4.69, 9.17) is 11.5 Å². The molecule has 0 fully saturated rings. The van der Waals surface area contributed by atoms with Crippen LogP contribution >= 0.6 is 11.8 Å². The first-order valence-electron chi connectivity index (χ1n) is 6.10. The van der Waals surface area contributed by atoms with Crippen molar-refractivity contribution in [2.45, 2.75) is 10.8 Å². The highest BCUT2D eigenvalue weighted by Crippen LogP contribution is 2.27. The number of aromatic amines is 1. The monoisotopic (exact) mass is 300 g/mol. The molecule has 2 aromatic heterocycles. The number of rotatable bonds is 4. The van der Waals surface area contributed by atoms with Crippen molar-refractivity contribution in [1.82, 2.24) is 19.9 Å². The van der Waals surface area contributed by atoms with Gasteiger partial charge in [-0.15, -0.1) is 0 Å². The molecule has 8 heteroatoms. The predicted octanol–water partition coefficient (Wildman–Crippen LogP) is 1.33. The van der Waals surface area contributed by atoms with E-state index in [2.05, 4.69) is 19.9 Å². The van der Waals surface area contributed by atoms with Crippen molar-refractivity contribution in [3.05, 3.63) is 42.0 Å². The average Bonchev–Trinajstić information content (AvgIpc) is 2.94. The van der Waals surface area contributed by atoms with Crippen molar-refractivity contribution in [1.29, 1.82) is 0 Å². The maximum atomic E-state index is 11.1. The minimum Gasteiger partial charge on any atom is -0.398 e. The van der Waals surface area contributed by atoms with Crippen LogP contribution in [0.25, 0.3) is 11.2 Å². The zero-order chi connectivity index (χ0) is 14.8. The van der Waals surface area contributed by atoms with Gasteiger partial charge in [-0.25, -0.2) is 15.0 Å². The molecule has 2 heterocycles. The quantitative estimate of drug-likeness (QED) is 0.379. The molecule has 0 atom stereocenters. The Labute approximate surface area is 124 Å². The largest absolute Gasteiger partial charge is 0.398 e. The molecular formula is C13H12N6OS. The zero-order valence-corrected chi connectivity index (χ0v) is 11.7. The van der Waals surface area contributed by atoms with Crippen LogP contribution in [0, 0.1) is 0 Å². The molecule has 0 aliphatic heterocycles. The summed E-state index contributed by atoms with van der Waals surface area (Å²) in [6, 6.07) is 5.05. The van der Waals surface area contributed by atoms with E-state index in [9.17, 15) is 4.79 Å². The standard InChI is InChI=1S/C13H12N6OS/c14-9-3-7(11(15)20)1-2-8(9)4-21-13-10-12(17-5-16-10)18-6-19-13/h1-3,5-6H,4,14H2,(H2,15,20)(H,16,17,18,19). The maximum Gasteiger partial charge on any atom is 0.248 e. The summed E-state index contributed by atoms with van der Waals surface area (Å²) in [5, 5.41) is 0.802. The lowest BCUT2D eigenvalue weighted by molar-refractivity contribution is 0.100. The van der Waals surface area contributed by atoms with E-state index >= 15 is 0 Å². The molecule has 0 spiro atoms. The number of benzene rings is 1. The Kier molecular flexibility index (Phi) is 3.44. The van der Waals surface area contributed by atoms with Crippen LogP contribution in [-0.4, -0.2) is 25.8 Å². The summed E-state index contributed by atoms with van der Waals surface area (Å²) < 4.78 is 0. The number of primary amides is 1. The summed E-state index contributed by atoms with van der Waals surface area (Å²) >= 11 is 1.52. The summed E-state index contributed by atoms with van der Waals surface area (Å²) in [4.78, 5) is 26.5. The van der Waals surface area contributed by atoms with Gasteiger partial charge in [-0.3, -0.25) is 4.79 Å². The Morgan fingerprint density at radius 2 is 2.14 bits per heavy atom. The fourth-order valence-corrected chi connectivity index (χ4v) is 2.85. The minimum absolute atomic E-state index is 0.402. The number of nitrogens with two attached hydrogens (primary N) is 2. The number of nitrogens with one attached hydrogen (secondary N) is 1. The molecule has 21 heavy (non-hydrogen) atoms. The van der Waals surface area contributed by atoms with Crippen molar-refractivity contribution in [3.63, 3.8) is 0 Å². The van der Waals surface area contributed by atoms with Crippen molar-refractivity contribution in [2.24, 2.45) is 5.73 Å². The van der Waals surface area contributed by atoms with Crippen LogP contribution in [0.3, 0.4) is 0 Å². The number of carbonyl (C=O) groups is 1. The predicted molar refractivity (Wildman–Crippen MR) is 80.6 cm³/mol. The molecule has 0 saturated carbocycles. The van der Waals surface area contributed by atoms with Crippen LogP contribution in [-0.2, 0) is 5.75 Å². The van der Waals surface area contributed by atoms with Gasteiger partial charge in [0.1, 0.15) is 16.9 Å². The van der Waals surface area contributed by atoms with Gasteiger partial charge in [-0.1, -0.05) is 17.8 Å². The number of H-pyrrole nitrogens is 1. The minimum atomic E-state index is -0.490. The van der Waals surface area contributed by atoms with Gasteiger partial charge in [-0.05, 0) is 17.7 Å². The van der Waals surface area contributed by atoms with Crippen LogP contribution in [0.2, 0.25) is 0 Å². The molecule has 7 nitrogen and oxygen atoms in total. The molecule has 0 saturated heterocycles. The van der Waals surface area contributed by atoms with Gasteiger partial charge in [-0.2, -0.15) is 0 Å². The van der Waals surface area contributed by atoms with Crippen LogP contribution in [0.1, 0.15) is 15.9 Å². The molecule has 0 bridgehead atoms. The third-order valence-corrected chi connectivity index (χ3v) is 4.02. The third-order valence-electron chi connectivity index (χ3n) is 2.98. The molecular weight excluding hydrogens is 288 g/mol. The zero-order valence-electron chi connectivity index (χ0n) is 10.9. The summed E-state index contributed by atoms with van der Waals surface area (Å²) in [6.45, 7) is 0. The van der Waals surface area contributed by atoms with Crippen molar-refractivity contribution in [3.8, 4) is 0 Å². The Morgan fingerprint density at radius 3 is 2.90 bits per heavy atom. The SMILES string of the molecule is NC(=O)c1ccc(CSc2ncnc3nc[nH]c23)c(N)c1. The highest BCUT2D eigenvalue weighted by atomic mass is 32.2. The van der Waals surface area contributed by atoms with Gasteiger partial charge in [0.15, 0.2) is 5.65 Å². The van der Waals surface area contributed by atoms with Gasteiger partial charge in [0, 0.05) is 17.0 Å². The second-order valence-electron chi connectivity index (χ2n) is 4.35. The number of nitrogens with zero attached hydrogens (tertiary/aromatic N) is 3. The van der Waals surface area contributed by atoms with E-state index in [1.54, 1.807) is 24.5 Å². The summed E-state index contributed by atoms with van der Waals surface area (Å²) in [7, 11) is 0. The molecule has 5 N–H and O–H groups in total. The summed E-state index contributed by atoms with van der Waals surface area (Å²) in [6.07, 6.45) is 3.06. The van der Waals surface area contributed by atoms with Crippen molar-refractivity contribution in [2.75, 3.05) is 5.73 Å². The van der Waals surface area contributed by atoms with Crippen LogP contribution < -0.4 is 11.5 Å². The first kappa shape index (κ1) is 13.4. The normalized spacial score (nSPS) is 10.9. The lowest BCUT2D eigenvalue weighted by Gasteiger charge is -2.07. The molecule has 0 unspecified atom stereocenters. The van der Waals surface area contributed by atoms with Gasteiger partial charge < -0.3 is 16.5 Å². The lowest BCUT2D eigenvalue weighted by Crippen LogP contribution is -2.11. The molecule has 3 aromatic rings. The number of fused-ring (bicyclic) bond motifs is 1.